The molecule has 0 bridgehead atoms. The average molecular weight is 195 g/mol. The first-order chi connectivity index (χ1) is 6.15. The van der Waals surface area contributed by atoms with E-state index in [4.69, 9.17) is 0 Å². The average Bonchev–Trinajstić information content (AvgIpc) is 2.17. The van der Waals surface area contributed by atoms with Crippen molar-refractivity contribution < 1.29 is 0 Å². The third-order valence-corrected chi connectivity index (χ3v) is 2.79. The monoisotopic (exact) mass is 195 g/mol. The Hall–Kier alpha value is -0.500. The summed E-state index contributed by atoms with van der Waals surface area (Å²) in [7, 11) is 0. The zero-order valence-corrected chi connectivity index (χ0v) is 9.38. The Morgan fingerprint density at radius 3 is 2.38 bits per heavy atom. The van der Waals surface area contributed by atoms with Crippen LogP contribution in [0.4, 0.5) is 0 Å². The predicted octanol–water partition coefficient (Wildman–Crippen LogP) is 3.24. The van der Waals surface area contributed by atoms with Crippen LogP contribution >= 0.6 is 12.6 Å². The van der Waals surface area contributed by atoms with Crippen LogP contribution < -0.4 is 0 Å². The lowest BCUT2D eigenvalue weighted by molar-refractivity contribution is 0.806. The largest absolute Gasteiger partial charge is 0.261 e. The molecule has 0 radical (unpaired) electrons. The van der Waals surface area contributed by atoms with Crippen LogP contribution in [0.25, 0.3) is 0 Å². The predicted molar refractivity (Wildman–Crippen MR) is 60.6 cm³/mol. The molecule has 1 aromatic heterocycles. The summed E-state index contributed by atoms with van der Waals surface area (Å²) in [6.45, 7) is 6.48. The Balaban J connectivity index is 2.81. The van der Waals surface area contributed by atoms with E-state index < -0.39 is 0 Å². The van der Waals surface area contributed by atoms with Gasteiger partial charge in [-0.3, -0.25) is 4.98 Å². The molecule has 1 nitrogen and oxygen atoms in total. The van der Waals surface area contributed by atoms with Crippen LogP contribution in [0.15, 0.2) is 18.3 Å². The second-order valence-electron chi connectivity index (χ2n) is 3.75. The van der Waals surface area contributed by atoms with Crippen LogP contribution in [0.5, 0.6) is 0 Å². The van der Waals surface area contributed by atoms with Crippen LogP contribution in [0, 0.1) is 0 Å². The maximum Gasteiger partial charge on any atom is 0.0429 e. The number of aromatic nitrogens is 1. The second kappa shape index (κ2) is 4.66. The molecular weight excluding hydrogens is 178 g/mol. The van der Waals surface area contributed by atoms with Crippen molar-refractivity contribution in [2.24, 2.45) is 0 Å². The van der Waals surface area contributed by atoms with Crippen molar-refractivity contribution in [1.29, 1.82) is 0 Å². The summed E-state index contributed by atoms with van der Waals surface area (Å²) in [6, 6.07) is 4.27. The van der Waals surface area contributed by atoms with Crippen molar-refractivity contribution in [1.82, 2.24) is 4.98 Å². The quantitative estimate of drug-likeness (QED) is 0.731. The molecule has 0 aliphatic heterocycles. The summed E-state index contributed by atoms with van der Waals surface area (Å²) in [5.41, 5.74) is 2.44. The van der Waals surface area contributed by atoms with Crippen LogP contribution in [0.2, 0.25) is 0 Å². The first-order valence-electron chi connectivity index (χ1n) is 4.72. The molecule has 1 aromatic rings. The highest BCUT2D eigenvalue weighted by atomic mass is 32.1. The highest BCUT2D eigenvalue weighted by Gasteiger charge is 2.04. The maximum absolute atomic E-state index is 4.41. The van der Waals surface area contributed by atoms with Gasteiger partial charge in [0.25, 0.3) is 0 Å². The molecule has 1 heterocycles. The molecule has 1 atom stereocenters. The number of rotatable bonds is 3. The minimum Gasteiger partial charge on any atom is -0.261 e. The van der Waals surface area contributed by atoms with Gasteiger partial charge < -0.3 is 0 Å². The van der Waals surface area contributed by atoms with Gasteiger partial charge in [-0.25, -0.2) is 0 Å². The minimum atomic E-state index is 0.497. The van der Waals surface area contributed by atoms with Gasteiger partial charge in [0, 0.05) is 11.9 Å². The van der Waals surface area contributed by atoms with Crippen molar-refractivity contribution in [3.05, 3.63) is 29.6 Å². The number of hydrogen-bond donors (Lipinski definition) is 1. The highest BCUT2D eigenvalue weighted by molar-refractivity contribution is 7.80. The molecule has 1 unspecified atom stereocenters. The van der Waals surface area contributed by atoms with E-state index in [1.807, 2.05) is 6.20 Å². The molecule has 13 heavy (non-hydrogen) atoms. The van der Waals surface area contributed by atoms with Crippen LogP contribution in [-0.2, 0) is 0 Å². The van der Waals surface area contributed by atoms with Crippen molar-refractivity contribution in [3.8, 4) is 0 Å². The maximum atomic E-state index is 4.41. The summed E-state index contributed by atoms with van der Waals surface area (Å²) in [5.74, 6) is 1.89. The molecular formula is C11H17NS. The minimum absolute atomic E-state index is 0.497. The van der Waals surface area contributed by atoms with E-state index in [0.717, 1.165) is 11.4 Å². The Morgan fingerprint density at radius 2 is 2.00 bits per heavy atom. The van der Waals surface area contributed by atoms with Gasteiger partial charge in [-0.1, -0.05) is 26.8 Å². The van der Waals surface area contributed by atoms with E-state index in [9.17, 15) is 0 Å². The van der Waals surface area contributed by atoms with Gasteiger partial charge in [0.1, 0.15) is 0 Å². The molecule has 0 saturated carbocycles. The van der Waals surface area contributed by atoms with Crippen LogP contribution in [0.3, 0.4) is 0 Å². The Morgan fingerprint density at radius 1 is 1.31 bits per heavy atom. The normalized spacial score (nSPS) is 13.3. The van der Waals surface area contributed by atoms with E-state index in [1.165, 1.54) is 5.56 Å². The fourth-order valence-electron chi connectivity index (χ4n) is 1.16. The lowest BCUT2D eigenvalue weighted by atomic mass is 10.0. The number of nitrogens with zero attached hydrogens (tertiary/aromatic N) is 1. The van der Waals surface area contributed by atoms with Gasteiger partial charge in [0.05, 0.1) is 0 Å². The van der Waals surface area contributed by atoms with Crippen molar-refractivity contribution in [3.63, 3.8) is 0 Å². The molecule has 0 spiro atoms. The van der Waals surface area contributed by atoms with Crippen molar-refractivity contribution >= 4 is 12.6 Å². The summed E-state index contributed by atoms with van der Waals surface area (Å²) in [4.78, 5) is 4.41. The third kappa shape index (κ3) is 2.73. The molecule has 2 heteroatoms. The third-order valence-electron chi connectivity index (χ3n) is 2.24. The van der Waals surface area contributed by atoms with Crippen LogP contribution in [0.1, 0.15) is 43.9 Å². The molecule has 72 valence electrons. The van der Waals surface area contributed by atoms with Gasteiger partial charge in [-0.15, -0.1) is 0 Å². The van der Waals surface area contributed by atoms with Gasteiger partial charge in [-0.2, -0.15) is 12.6 Å². The lowest BCUT2D eigenvalue weighted by Crippen LogP contribution is -1.98. The highest BCUT2D eigenvalue weighted by Crippen LogP contribution is 2.17. The summed E-state index contributed by atoms with van der Waals surface area (Å²) in [6.07, 6.45) is 1.97. The zero-order chi connectivity index (χ0) is 9.84. The lowest BCUT2D eigenvalue weighted by Gasteiger charge is -2.09. The number of thiol groups is 1. The van der Waals surface area contributed by atoms with E-state index in [-0.39, 0.29) is 0 Å². The fourth-order valence-corrected chi connectivity index (χ4v) is 1.37. The van der Waals surface area contributed by atoms with Gasteiger partial charge in [0.15, 0.2) is 0 Å². The molecule has 0 saturated heterocycles. The molecule has 0 amide bonds. The topological polar surface area (TPSA) is 12.9 Å². The van der Waals surface area contributed by atoms with Crippen molar-refractivity contribution in [2.75, 3.05) is 5.75 Å². The van der Waals surface area contributed by atoms with E-state index in [1.54, 1.807) is 0 Å². The van der Waals surface area contributed by atoms with E-state index in [2.05, 4.69) is 50.5 Å². The molecule has 0 aromatic carbocycles. The van der Waals surface area contributed by atoms with E-state index in [0.29, 0.717) is 11.8 Å². The van der Waals surface area contributed by atoms with Gasteiger partial charge in [-0.05, 0) is 29.2 Å². The molecule has 0 N–H and O–H groups in total. The van der Waals surface area contributed by atoms with Crippen LogP contribution in [-0.4, -0.2) is 10.7 Å². The standard InChI is InChI=1S/C11H17NS/c1-8(2)11-5-4-10(6-12-11)9(3)7-13/h4-6,8-9,13H,7H2,1-3H3. The smallest absolute Gasteiger partial charge is 0.0429 e. The number of pyridine rings is 1. The first-order valence-corrected chi connectivity index (χ1v) is 5.35. The zero-order valence-electron chi connectivity index (χ0n) is 8.49. The fraction of sp³-hybridized carbons (Fsp3) is 0.545. The molecule has 1 rings (SSSR count). The first kappa shape index (κ1) is 10.6. The second-order valence-corrected chi connectivity index (χ2v) is 4.12. The Bertz CT molecular complexity index is 253. The summed E-state index contributed by atoms with van der Waals surface area (Å²) >= 11 is 4.27. The summed E-state index contributed by atoms with van der Waals surface area (Å²) in [5, 5.41) is 0. The molecule has 0 aliphatic carbocycles. The summed E-state index contributed by atoms with van der Waals surface area (Å²) < 4.78 is 0. The Labute approximate surface area is 86.0 Å². The van der Waals surface area contributed by atoms with Gasteiger partial charge >= 0.3 is 0 Å². The van der Waals surface area contributed by atoms with Gasteiger partial charge in [0.2, 0.25) is 0 Å². The number of hydrogen-bond acceptors (Lipinski definition) is 2. The molecule has 0 aliphatic rings. The SMILES string of the molecule is CC(C)c1ccc(C(C)CS)cn1. The molecule has 0 fully saturated rings. The van der Waals surface area contributed by atoms with E-state index >= 15 is 0 Å². The van der Waals surface area contributed by atoms with Crippen molar-refractivity contribution in [2.45, 2.75) is 32.6 Å². The Kier molecular flexibility index (Phi) is 3.79.